The van der Waals surface area contributed by atoms with Crippen LogP contribution in [0.5, 0.6) is 0 Å². The summed E-state index contributed by atoms with van der Waals surface area (Å²) in [6, 6.07) is 1.95. The van der Waals surface area contributed by atoms with Crippen molar-refractivity contribution in [3.05, 3.63) is 21.4 Å². The summed E-state index contributed by atoms with van der Waals surface area (Å²) in [5.74, 6) is -0.583. The highest BCUT2D eigenvalue weighted by molar-refractivity contribution is 7.14. The fourth-order valence-electron chi connectivity index (χ4n) is 3.93. The molecule has 21 heavy (non-hydrogen) atoms. The highest BCUT2D eigenvalue weighted by Gasteiger charge is 2.55. The van der Waals surface area contributed by atoms with Crippen molar-refractivity contribution in [3.8, 4) is 0 Å². The molecule has 1 aromatic heterocycles. The van der Waals surface area contributed by atoms with Crippen molar-refractivity contribution >= 4 is 23.2 Å². The van der Waals surface area contributed by atoms with Crippen LogP contribution in [0, 0.1) is 18.3 Å². The minimum atomic E-state index is -0.725. The Balaban J connectivity index is 1.82. The van der Waals surface area contributed by atoms with E-state index in [0.717, 1.165) is 29.7 Å². The zero-order valence-corrected chi connectivity index (χ0v) is 13.3. The average Bonchev–Trinajstić information content (AvgIpc) is 3.08. The third-order valence-corrected chi connectivity index (χ3v) is 6.51. The number of carbonyl (C=O) groups is 2. The van der Waals surface area contributed by atoms with E-state index in [1.165, 1.54) is 4.88 Å². The molecule has 2 fully saturated rings. The maximum absolute atomic E-state index is 12.7. The number of aryl methyl sites for hydroxylation is 2. The lowest BCUT2D eigenvalue weighted by atomic mass is 9.81. The molecule has 5 heteroatoms. The number of aliphatic carboxylic acids is 1. The molecule has 4 nitrogen and oxygen atoms in total. The first kappa shape index (κ1) is 14.6. The highest BCUT2D eigenvalue weighted by atomic mass is 32.1. The summed E-state index contributed by atoms with van der Waals surface area (Å²) < 4.78 is 0. The third kappa shape index (κ3) is 2.18. The molecule has 2 heterocycles. The van der Waals surface area contributed by atoms with Crippen LogP contribution in [0.2, 0.25) is 0 Å². The number of fused-ring (bicyclic) bond motifs is 1. The molecule has 2 aliphatic rings. The molecule has 3 rings (SSSR count). The van der Waals surface area contributed by atoms with Crippen molar-refractivity contribution in [1.29, 1.82) is 0 Å². The van der Waals surface area contributed by atoms with E-state index >= 15 is 0 Å². The van der Waals surface area contributed by atoms with Crippen LogP contribution >= 0.6 is 11.3 Å². The Morgan fingerprint density at radius 3 is 2.86 bits per heavy atom. The molecule has 1 saturated carbocycles. The summed E-state index contributed by atoms with van der Waals surface area (Å²) >= 11 is 1.55. The molecule has 2 atom stereocenters. The van der Waals surface area contributed by atoms with Gasteiger partial charge in [-0.05, 0) is 43.7 Å². The number of thiophene rings is 1. The number of nitrogens with zero attached hydrogens (tertiary/aromatic N) is 1. The van der Waals surface area contributed by atoms with Crippen LogP contribution in [0.1, 0.15) is 46.3 Å². The Labute approximate surface area is 128 Å². The second-order valence-electron chi connectivity index (χ2n) is 6.31. The van der Waals surface area contributed by atoms with E-state index in [1.807, 2.05) is 13.0 Å². The van der Waals surface area contributed by atoms with Gasteiger partial charge in [-0.3, -0.25) is 9.59 Å². The van der Waals surface area contributed by atoms with Crippen molar-refractivity contribution in [2.45, 2.75) is 39.5 Å². The molecule has 1 aliphatic heterocycles. The van der Waals surface area contributed by atoms with Crippen LogP contribution in [0.3, 0.4) is 0 Å². The molecule has 1 saturated heterocycles. The van der Waals surface area contributed by atoms with Gasteiger partial charge in [0.2, 0.25) is 0 Å². The Bertz CT molecular complexity index is 594. The van der Waals surface area contributed by atoms with Crippen molar-refractivity contribution in [3.63, 3.8) is 0 Å². The van der Waals surface area contributed by atoms with Gasteiger partial charge < -0.3 is 10.0 Å². The summed E-state index contributed by atoms with van der Waals surface area (Å²) in [5, 5.41) is 9.60. The lowest BCUT2D eigenvalue weighted by Gasteiger charge is -2.23. The number of likely N-dealkylation sites (tertiary alicyclic amines) is 1. The lowest BCUT2D eigenvalue weighted by molar-refractivity contribution is -0.149. The van der Waals surface area contributed by atoms with Crippen LogP contribution in [0.25, 0.3) is 0 Å². The largest absolute Gasteiger partial charge is 0.481 e. The van der Waals surface area contributed by atoms with Crippen molar-refractivity contribution < 1.29 is 14.7 Å². The molecule has 1 N–H and O–H groups in total. The molecule has 0 unspecified atom stereocenters. The molecule has 1 amide bonds. The predicted octanol–water partition coefficient (Wildman–Crippen LogP) is 2.95. The van der Waals surface area contributed by atoms with E-state index < -0.39 is 11.4 Å². The first-order chi connectivity index (χ1) is 9.98. The molecular formula is C16H21NO3S. The van der Waals surface area contributed by atoms with Gasteiger partial charge in [0.25, 0.3) is 5.91 Å². The van der Waals surface area contributed by atoms with Gasteiger partial charge in [-0.1, -0.05) is 13.3 Å². The average molecular weight is 307 g/mol. The third-order valence-electron chi connectivity index (χ3n) is 5.14. The lowest BCUT2D eigenvalue weighted by Crippen LogP contribution is -2.37. The normalized spacial score (nSPS) is 27.9. The van der Waals surface area contributed by atoms with Gasteiger partial charge in [0.15, 0.2) is 0 Å². The highest BCUT2D eigenvalue weighted by Crippen LogP contribution is 2.49. The molecule has 0 bridgehead atoms. The van der Waals surface area contributed by atoms with E-state index in [4.69, 9.17) is 0 Å². The van der Waals surface area contributed by atoms with E-state index in [2.05, 4.69) is 6.92 Å². The molecule has 1 aromatic rings. The fraction of sp³-hybridized carbons (Fsp3) is 0.625. The molecular weight excluding hydrogens is 286 g/mol. The Morgan fingerprint density at radius 2 is 2.29 bits per heavy atom. The second-order valence-corrected chi connectivity index (χ2v) is 7.44. The van der Waals surface area contributed by atoms with Crippen molar-refractivity contribution in [2.75, 3.05) is 13.1 Å². The maximum Gasteiger partial charge on any atom is 0.311 e. The van der Waals surface area contributed by atoms with Crippen LogP contribution in [0.4, 0.5) is 0 Å². The number of rotatable bonds is 3. The van der Waals surface area contributed by atoms with Crippen LogP contribution in [-0.4, -0.2) is 35.0 Å². The van der Waals surface area contributed by atoms with E-state index in [1.54, 1.807) is 16.2 Å². The number of carboxylic acids is 1. The Morgan fingerprint density at radius 1 is 1.52 bits per heavy atom. The number of hydrogen-bond acceptors (Lipinski definition) is 3. The van der Waals surface area contributed by atoms with Gasteiger partial charge in [-0.25, -0.2) is 0 Å². The zero-order chi connectivity index (χ0) is 15.2. The topological polar surface area (TPSA) is 57.6 Å². The van der Waals surface area contributed by atoms with Crippen LogP contribution in [0.15, 0.2) is 6.07 Å². The van der Waals surface area contributed by atoms with E-state index in [-0.39, 0.29) is 11.8 Å². The van der Waals surface area contributed by atoms with Gasteiger partial charge in [-0.15, -0.1) is 11.3 Å². The Hall–Kier alpha value is -1.36. The Kier molecular flexibility index (Phi) is 3.56. The minimum Gasteiger partial charge on any atom is -0.481 e. The summed E-state index contributed by atoms with van der Waals surface area (Å²) in [6.45, 7) is 5.10. The first-order valence-corrected chi connectivity index (χ1v) is 8.41. The van der Waals surface area contributed by atoms with E-state index in [9.17, 15) is 14.7 Å². The summed E-state index contributed by atoms with van der Waals surface area (Å²) in [6.07, 6.45) is 3.54. The number of amides is 1. The van der Waals surface area contributed by atoms with Gasteiger partial charge in [-0.2, -0.15) is 0 Å². The summed E-state index contributed by atoms with van der Waals surface area (Å²) in [7, 11) is 0. The molecule has 0 radical (unpaired) electrons. The van der Waals surface area contributed by atoms with Crippen molar-refractivity contribution in [1.82, 2.24) is 4.90 Å². The quantitative estimate of drug-likeness (QED) is 0.934. The summed E-state index contributed by atoms with van der Waals surface area (Å²) in [5.41, 5.74) is 0.480. The minimum absolute atomic E-state index is 0.0119. The predicted molar refractivity (Wildman–Crippen MR) is 81.7 cm³/mol. The SMILES string of the molecule is CCc1sc(C(=O)N2C[C@@H]3CCC[C@@]3(C(=O)O)C2)cc1C. The standard InChI is InChI=1S/C16H21NO3S/c1-3-12-10(2)7-13(21-12)14(18)17-8-11-5-4-6-16(11,9-17)15(19)20/h7,11H,3-6,8-9H2,1-2H3,(H,19,20)/t11-,16+/m0/s1. The number of hydrogen-bond donors (Lipinski definition) is 1. The molecule has 114 valence electrons. The van der Waals surface area contributed by atoms with Gasteiger partial charge in [0.05, 0.1) is 10.3 Å². The number of carboxylic acid groups (broad SMARTS) is 1. The molecule has 0 spiro atoms. The molecule has 1 aliphatic carbocycles. The van der Waals surface area contributed by atoms with E-state index in [0.29, 0.717) is 19.5 Å². The summed E-state index contributed by atoms with van der Waals surface area (Å²) in [4.78, 5) is 28.1. The second kappa shape index (κ2) is 5.13. The first-order valence-electron chi connectivity index (χ1n) is 7.60. The zero-order valence-electron chi connectivity index (χ0n) is 12.5. The van der Waals surface area contributed by atoms with Crippen LogP contribution < -0.4 is 0 Å². The van der Waals surface area contributed by atoms with Gasteiger partial charge in [0, 0.05) is 18.0 Å². The fourth-order valence-corrected chi connectivity index (χ4v) is 5.01. The monoisotopic (exact) mass is 307 g/mol. The smallest absolute Gasteiger partial charge is 0.311 e. The van der Waals surface area contributed by atoms with Gasteiger partial charge >= 0.3 is 5.97 Å². The van der Waals surface area contributed by atoms with Crippen molar-refractivity contribution in [2.24, 2.45) is 11.3 Å². The maximum atomic E-state index is 12.7. The van der Waals surface area contributed by atoms with Crippen LogP contribution in [-0.2, 0) is 11.2 Å². The van der Waals surface area contributed by atoms with Gasteiger partial charge in [0.1, 0.15) is 0 Å². The number of carbonyl (C=O) groups excluding carboxylic acids is 1. The molecule has 0 aromatic carbocycles.